The van der Waals surface area contributed by atoms with Crippen molar-refractivity contribution in [3.05, 3.63) is 60.2 Å². The number of amides is 1. The molecule has 0 saturated carbocycles. The lowest BCUT2D eigenvalue weighted by molar-refractivity contribution is -0.132. The molecule has 1 fully saturated rings. The van der Waals surface area contributed by atoms with Gasteiger partial charge in [-0.1, -0.05) is 58.0 Å². The van der Waals surface area contributed by atoms with Gasteiger partial charge in [-0.15, -0.1) is 11.8 Å². The first-order valence-corrected chi connectivity index (χ1v) is 11.1. The Bertz CT molecular complexity index is 785. The molecule has 0 N–H and O–H groups in total. The number of thioether (sulfide) groups is 1. The first kappa shape index (κ1) is 20.8. The van der Waals surface area contributed by atoms with Gasteiger partial charge in [0.25, 0.3) is 0 Å². The SMILES string of the molecule is C[C@@H](CC(=O)N1CCS[C@H]1c1cccc(Oc2ccccc2)c1)CC(C)(C)C. The van der Waals surface area contributed by atoms with Crippen molar-refractivity contribution >= 4 is 17.7 Å². The van der Waals surface area contributed by atoms with Crippen LogP contribution in [0.25, 0.3) is 0 Å². The minimum absolute atomic E-state index is 0.0775. The number of benzene rings is 2. The molecule has 3 rings (SSSR count). The van der Waals surface area contributed by atoms with E-state index in [0.29, 0.717) is 12.3 Å². The second-order valence-corrected chi connectivity index (χ2v) is 10.1. The maximum atomic E-state index is 13.0. The Labute approximate surface area is 173 Å². The Balaban J connectivity index is 1.68. The van der Waals surface area contributed by atoms with Gasteiger partial charge in [-0.25, -0.2) is 0 Å². The smallest absolute Gasteiger partial charge is 0.224 e. The molecule has 2 aromatic rings. The summed E-state index contributed by atoms with van der Waals surface area (Å²) in [6.07, 6.45) is 1.68. The van der Waals surface area contributed by atoms with Gasteiger partial charge in [0.15, 0.2) is 0 Å². The molecule has 4 heteroatoms. The molecule has 0 unspecified atom stereocenters. The van der Waals surface area contributed by atoms with Gasteiger partial charge in [0, 0.05) is 18.7 Å². The third-order valence-corrected chi connectivity index (χ3v) is 6.08. The maximum Gasteiger partial charge on any atom is 0.224 e. The van der Waals surface area contributed by atoms with Crippen LogP contribution in [0.2, 0.25) is 0 Å². The standard InChI is InChI=1S/C24H31NO2S/c1-18(17-24(2,3)4)15-22(26)25-13-14-28-23(25)19-9-8-12-21(16-19)27-20-10-6-5-7-11-20/h5-12,16,18,23H,13-15,17H2,1-4H3/t18-,23-/m0/s1. The van der Waals surface area contributed by atoms with Crippen molar-refractivity contribution in [2.75, 3.05) is 12.3 Å². The fourth-order valence-corrected chi connectivity index (χ4v) is 5.16. The molecule has 0 spiro atoms. The molecule has 0 aromatic heterocycles. The topological polar surface area (TPSA) is 29.5 Å². The molecule has 0 aliphatic carbocycles. The molecule has 2 atom stereocenters. The number of para-hydroxylation sites is 1. The predicted molar refractivity (Wildman–Crippen MR) is 118 cm³/mol. The number of ether oxygens (including phenoxy) is 1. The molecule has 2 aromatic carbocycles. The van der Waals surface area contributed by atoms with E-state index in [0.717, 1.165) is 35.8 Å². The van der Waals surface area contributed by atoms with E-state index in [9.17, 15) is 4.79 Å². The summed E-state index contributed by atoms with van der Waals surface area (Å²) >= 11 is 1.84. The molecule has 0 bridgehead atoms. The van der Waals surface area contributed by atoms with E-state index >= 15 is 0 Å². The molecule has 1 heterocycles. The van der Waals surface area contributed by atoms with E-state index in [1.807, 2.05) is 59.1 Å². The molecule has 0 radical (unpaired) electrons. The summed E-state index contributed by atoms with van der Waals surface area (Å²) in [4.78, 5) is 15.0. The molecule has 1 aliphatic rings. The summed E-state index contributed by atoms with van der Waals surface area (Å²) in [6, 6.07) is 17.9. The molecule has 150 valence electrons. The highest BCUT2D eigenvalue weighted by molar-refractivity contribution is 7.99. The number of rotatable bonds is 6. The first-order valence-electron chi connectivity index (χ1n) is 10.1. The maximum absolute atomic E-state index is 13.0. The highest BCUT2D eigenvalue weighted by Crippen LogP contribution is 2.40. The summed E-state index contributed by atoms with van der Waals surface area (Å²) in [5.41, 5.74) is 1.38. The van der Waals surface area contributed by atoms with Crippen molar-refractivity contribution in [2.45, 2.75) is 45.9 Å². The fraction of sp³-hybridized carbons (Fsp3) is 0.458. The zero-order valence-electron chi connectivity index (χ0n) is 17.4. The number of carbonyl (C=O) groups excluding carboxylic acids is 1. The Hall–Kier alpha value is -1.94. The van der Waals surface area contributed by atoms with Gasteiger partial charge >= 0.3 is 0 Å². The molecular formula is C24H31NO2S. The first-order chi connectivity index (χ1) is 13.3. The van der Waals surface area contributed by atoms with Gasteiger partial charge in [0.1, 0.15) is 16.9 Å². The number of carbonyl (C=O) groups is 1. The van der Waals surface area contributed by atoms with Crippen molar-refractivity contribution in [1.82, 2.24) is 4.90 Å². The highest BCUT2D eigenvalue weighted by atomic mass is 32.2. The normalized spacial score (nSPS) is 18.1. The van der Waals surface area contributed by atoms with E-state index in [1.165, 1.54) is 0 Å². The van der Waals surface area contributed by atoms with E-state index in [4.69, 9.17) is 4.74 Å². The molecule has 1 aliphatic heterocycles. The summed E-state index contributed by atoms with van der Waals surface area (Å²) in [6.45, 7) is 9.72. The van der Waals surface area contributed by atoms with Crippen LogP contribution < -0.4 is 4.74 Å². The zero-order chi connectivity index (χ0) is 20.1. The average Bonchev–Trinajstić information content (AvgIpc) is 3.11. The quantitative estimate of drug-likeness (QED) is 0.556. The largest absolute Gasteiger partial charge is 0.457 e. The number of hydrogen-bond acceptors (Lipinski definition) is 3. The average molecular weight is 398 g/mol. The van der Waals surface area contributed by atoms with E-state index < -0.39 is 0 Å². The summed E-state index contributed by atoms with van der Waals surface area (Å²) in [7, 11) is 0. The Morgan fingerprint density at radius 2 is 1.86 bits per heavy atom. The Kier molecular flexibility index (Phi) is 6.71. The van der Waals surface area contributed by atoms with Gasteiger partial charge in [-0.2, -0.15) is 0 Å². The highest BCUT2D eigenvalue weighted by Gasteiger charge is 2.31. The van der Waals surface area contributed by atoms with E-state index in [2.05, 4.69) is 39.8 Å². The minimum Gasteiger partial charge on any atom is -0.457 e. The van der Waals surface area contributed by atoms with Gasteiger partial charge in [0.2, 0.25) is 5.91 Å². The zero-order valence-corrected chi connectivity index (χ0v) is 18.2. The van der Waals surface area contributed by atoms with Crippen molar-refractivity contribution in [1.29, 1.82) is 0 Å². The summed E-state index contributed by atoms with van der Waals surface area (Å²) < 4.78 is 5.98. The van der Waals surface area contributed by atoms with Gasteiger partial charge < -0.3 is 9.64 Å². The van der Waals surface area contributed by atoms with Crippen LogP contribution in [0.15, 0.2) is 54.6 Å². The lowest BCUT2D eigenvalue weighted by Crippen LogP contribution is -2.32. The van der Waals surface area contributed by atoms with Crippen LogP contribution in [0.4, 0.5) is 0 Å². The van der Waals surface area contributed by atoms with Crippen molar-refractivity contribution in [3.63, 3.8) is 0 Å². The van der Waals surface area contributed by atoms with E-state index in [1.54, 1.807) is 0 Å². The van der Waals surface area contributed by atoms with Gasteiger partial charge in [-0.3, -0.25) is 4.79 Å². The van der Waals surface area contributed by atoms with E-state index in [-0.39, 0.29) is 16.7 Å². The van der Waals surface area contributed by atoms with Crippen LogP contribution in [0.1, 0.15) is 51.5 Å². The third kappa shape index (κ3) is 5.78. The Morgan fingerprint density at radius 1 is 1.14 bits per heavy atom. The van der Waals surface area contributed by atoms with Gasteiger partial charge in [-0.05, 0) is 47.6 Å². The van der Waals surface area contributed by atoms with Crippen molar-refractivity contribution in [2.24, 2.45) is 11.3 Å². The predicted octanol–water partition coefficient (Wildman–Crippen LogP) is 6.52. The summed E-state index contributed by atoms with van der Waals surface area (Å²) in [5.74, 6) is 3.27. The summed E-state index contributed by atoms with van der Waals surface area (Å²) in [5, 5.41) is 0.0775. The van der Waals surface area contributed by atoms with Crippen LogP contribution in [0, 0.1) is 11.3 Å². The van der Waals surface area contributed by atoms with Crippen molar-refractivity contribution in [3.8, 4) is 11.5 Å². The third-order valence-electron chi connectivity index (χ3n) is 4.82. The van der Waals surface area contributed by atoms with Gasteiger partial charge in [0.05, 0.1) is 0 Å². The fourth-order valence-electron chi connectivity index (χ4n) is 3.89. The molecular weight excluding hydrogens is 366 g/mol. The molecule has 28 heavy (non-hydrogen) atoms. The monoisotopic (exact) mass is 397 g/mol. The van der Waals surface area contributed by atoms with Crippen LogP contribution in [-0.2, 0) is 4.79 Å². The molecule has 1 amide bonds. The second-order valence-electron chi connectivity index (χ2n) is 8.87. The number of hydrogen-bond donors (Lipinski definition) is 0. The lowest BCUT2D eigenvalue weighted by Gasteiger charge is -2.28. The van der Waals surface area contributed by atoms with Crippen LogP contribution in [0.5, 0.6) is 11.5 Å². The van der Waals surface area contributed by atoms with Crippen LogP contribution >= 0.6 is 11.8 Å². The second kappa shape index (κ2) is 9.04. The minimum atomic E-state index is 0.0775. The molecule has 3 nitrogen and oxygen atoms in total. The Morgan fingerprint density at radius 3 is 2.57 bits per heavy atom. The van der Waals surface area contributed by atoms with Crippen LogP contribution in [-0.4, -0.2) is 23.1 Å². The van der Waals surface area contributed by atoms with Crippen LogP contribution in [0.3, 0.4) is 0 Å². The van der Waals surface area contributed by atoms with Crippen molar-refractivity contribution < 1.29 is 9.53 Å². The number of nitrogens with zero attached hydrogens (tertiary/aromatic N) is 1. The molecule has 1 saturated heterocycles. The lowest BCUT2D eigenvalue weighted by atomic mass is 9.84.